The first-order valence-electron chi connectivity index (χ1n) is 15.0. The Balaban J connectivity index is 1.34. The van der Waals surface area contributed by atoms with Gasteiger partial charge in [0.2, 0.25) is 5.88 Å². The smallest absolute Gasteiger partial charge is 0.319 e. The summed E-state index contributed by atoms with van der Waals surface area (Å²) in [5.74, 6) is 1.34. The molecule has 2 aromatic heterocycles. The molecule has 0 radical (unpaired) electrons. The number of fused-ring (bicyclic) bond motifs is 4. The van der Waals surface area contributed by atoms with Gasteiger partial charge in [-0.15, -0.1) is 6.42 Å². The SMILES string of the molecule is C#Cc1c(F)ccc2cc(O)cc(-c3nc4c5c(nc(OC[C@@]67CCCN6C[C@H](F)C7)nc5c3F)N3CCC[C@H]3C(C)O4)c12. The molecule has 0 bridgehead atoms. The van der Waals surface area contributed by atoms with Crippen LogP contribution in [0.5, 0.6) is 17.6 Å². The molecule has 4 aliphatic rings. The molecular weight excluding hydrogens is 571 g/mol. The fraction of sp³-hybridized carbons (Fsp3) is 0.424. The second kappa shape index (κ2) is 9.86. The first-order chi connectivity index (χ1) is 21.3. The van der Waals surface area contributed by atoms with Crippen LogP contribution < -0.4 is 14.4 Å². The second-order valence-electron chi connectivity index (χ2n) is 12.4. The molecule has 2 aromatic carbocycles. The van der Waals surface area contributed by atoms with Gasteiger partial charge in [0.25, 0.3) is 0 Å². The van der Waals surface area contributed by atoms with Crippen LogP contribution in [0.3, 0.4) is 0 Å². The number of aromatic nitrogens is 3. The number of anilines is 1. The van der Waals surface area contributed by atoms with Crippen molar-refractivity contribution in [2.24, 2.45) is 0 Å². The third-order valence-electron chi connectivity index (χ3n) is 9.81. The zero-order chi connectivity index (χ0) is 30.3. The van der Waals surface area contributed by atoms with E-state index in [0.717, 1.165) is 32.2 Å². The third-order valence-corrected chi connectivity index (χ3v) is 9.81. The van der Waals surface area contributed by atoms with Crippen molar-refractivity contribution in [2.45, 2.75) is 62.9 Å². The normalized spacial score (nSPS) is 26.0. The highest BCUT2D eigenvalue weighted by atomic mass is 19.1. The number of terminal acetylenes is 1. The minimum absolute atomic E-state index is 0.0191. The number of hydrogen-bond donors (Lipinski definition) is 1. The number of ether oxygens (including phenoxy) is 2. The Labute approximate surface area is 251 Å². The lowest BCUT2D eigenvalue weighted by Gasteiger charge is -2.31. The average Bonchev–Trinajstić information content (AvgIpc) is 3.70. The lowest BCUT2D eigenvalue weighted by molar-refractivity contribution is 0.107. The minimum Gasteiger partial charge on any atom is -0.508 e. The number of hydrogen-bond acceptors (Lipinski definition) is 8. The first-order valence-corrected chi connectivity index (χ1v) is 15.0. The predicted molar refractivity (Wildman–Crippen MR) is 159 cm³/mol. The van der Waals surface area contributed by atoms with Crippen molar-refractivity contribution >= 4 is 27.5 Å². The van der Waals surface area contributed by atoms with Gasteiger partial charge in [0, 0.05) is 30.5 Å². The Morgan fingerprint density at radius 2 is 2.02 bits per heavy atom. The number of phenols is 1. The highest BCUT2D eigenvalue weighted by Gasteiger charge is 2.49. The van der Waals surface area contributed by atoms with Crippen LogP contribution in [0.2, 0.25) is 0 Å². The largest absolute Gasteiger partial charge is 0.508 e. The van der Waals surface area contributed by atoms with Gasteiger partial charge in [0.1, 0.15) is 52.9 Å². The van der Waals surface area contributed by atoms with Gasteiger partial charge in [-0.25, -0.2) is 18.2 Å². The molecule has 6 heterocycles. The molecular formula is C33H30F3N5O3. The number of rotatable bonds is 4. The molecule has 11 heteroatoms. The van der Waals surface area contributed by atoms with E-state index in [9.17, 15) is 13.9 Å². The van der Waals surface area contributed by atoms with E-state index in [1.54, 1.807) is 0 Å². The van der Waals surface area contributed by atoms with Gasteiger partial charge < -0.3 is 19.5 Å². The fourth-order valence-electron chi connectivity index (χ4n) is 7.84. The number of benzene rings is 2. The summed E-state index contributed by atoms with van der Waals surface area (Å²) < 4.78 is 58.8. The van der Waals surface area contributed by atoms with Crippen LogP contribution in [0, 0.1) is 24.0 Å². The Morgan fingerprint density at radius 1 is 1.16 bits per heavy atom. The van der Waals surface area contributed by atoms with Crippen LogP contribution in [0.1, 0.15) is 44.6 Å². The van der Waals surface area contributed by atoms with Crippen LogP contribution in [-0.2, 0) is 0 Å². The average molecular weight is 602 g/mol. The number of alkyl halides is 1. The van der Waals surface area contributed by atoms with Gasteiger partial charge in [-0.1, -0.05) is 12.0 Å². The summed E-state index contributed by atoms with van der Waals surface area (Å²) in [5.41, 5.74) is -0.683. The van der Waals surface area contributed by atoms with Crippen molar-refractivity contribution < 1.29 is 27.8 Å². The Bertz CT molecular complexity index is 1900. The summed E-state index contributed by atoms with van der Waals surface area (Å²) in [5, 5.41) is 11.6. The predicted octanol–water partition coefficient (Wildman–Crippen LogP) is 5.52. The maximum atomic E-state index is 16.9. The minimum atomic E-state index is -0.923. The molecule has 4 aromatic rings. The van der Waals surface area contributed by atoms with Crippen LogP contribution in [0.25, 0.3) is 32.9 Å². The van der Waals surface area contributed by atoms with Gasteiger partial charge in [0.15, 0.2) is 5.82 Å². The van der Waals surface area contributed by atoms with E-state index in [4.69, 9.17) is 20.9 Å². The van der Waals surface area contributed by atoms with Gasteiger partial charge in [-0.05, 0) is 62.7 Å². The molecule has 0 amide bonds. The number of nitrogens with zero attached hydrogens (tertiary/aromatic N) is 5. The molecule has 0 saturated carbocycles. The zero-order valence-corrected chi connectivity index (χ0v) is 24.1. The van der Waals surface area contributed by atoms with Crippen molar-refractivity contribution in [1.29, 1.82) is 0 Å². The molecule has 3 saturated heterocycles. The Kier molecular flexibility index (Phi) is 6.11. The van der Waals surface area contributed by atoms with Crippen LogP contribution in [0.15, 0.2) is 24.3 Å². The van der Waals surface area contributed by atoms with E-state index in [1.165, 1.54) is 24.3 Å². The molecule has 4 atom stereocenters. The first kappa shape index (κ1) is 27.3. The van der Waals surface area contributed by atoms with Crippen molar-refractivity contribution in [3.8, 4) is 41.2 Å². The van der Waals surface area contributed by atoms with Crippen LogP contribution in [0.4, 0.5) is 19.0 Å². The maximum absolute atomic E-state index is 16.9. The molecule has 0 spiro atoms. The maximum Gasteiger partial charge on any atom is 0.319 e. The van der Waals surface area contributed by atoms with Gasteiger partial charge in [-0.2, -0.15) is 9.97 Å². The van der Waals surface area contributed by atoms with Gasteiger partial charge in [0.05, 0.1) is 17.1 Å². The Morgan fingerprint density at radius 3 is 2.86 bits per heavy atom. The monoisotopic (exact) mass is 601 g/mol. The van der Waals surface area contributed by atoms with E-state index >= 15 is 4.39 Å². The zero-order valence-electron chi connectivity index (χ0n) is 24.1. The van der Waals surface area contributed by atoms with E-state index < -0.39 is 23.3 Å². The van der Waals surface area contributed by atoms with E-state index in [2.05, 4.69) is 25.7 Å². The summed E-state index contributed by atoms with van der Waals surface area (Å²) in [6.45, 7) is 4.00. The van der Waals surface area contributed by atoms with E-state index in [0.29, 0.717) is 36.1 Å². The van der Waals surface area contributed by atoms with Gasteiger partial charge >= 0.3 is 6.01 Å². The molecule has 1 N–H and O–H groups in total. The van der Waals surface area contributed by atoms with E-state index in [1.807, 2.05) is 6.92 Å². The topological polar surface area (TPSA) is 83.8 Å². The molecule has 4 aliphatic heterocycles. The summed E-state index contributed by atoms with van der Waals surface area (Å²) in [7, 11) is 0. The fourth-order valence-corrected chi connectivity index (χ4v) is 7.84. The Hall–Kier alpha value is -4.30. The molecule has 8 nitrogen and oxygen atoms in total. The number of pyridine rings is 1. The number of phenolic OH excluding ortho intramolecular Hbond substituents is 1. The lowest BCUT2D eigenvalue weighted by atomic mass is 9.95. The molecule has 3 fully saturated rings. The van der Waals surface area contributed by atoms with Crippen molar-refractivity contribution in [3.63, 3.8) is 0 Å². The summed E-state index contributed by atoms with van der Waals surface area (Å²) >= 11 is 0. The summed E-state index contributed by atoms with van der Waals surface area (Å²) in [4.78, 5) is 18.2. The highest BCUT2D eigenvalue weighted by molar-refractivity contribution is 6.04. The number of aromatic hydroxyl groups is 1. The molecule has 226 valence electrons. The van der Waals surface area contributed by atoms with Crippen LogP contribution >= 0.6 is 0 Å². The summed E-state index contributed by atoms with van der Waals surface area (Å²) in [6, 6.07) is 5.37. The van der Waals surface area contributed by atoms with Crippen LogP contribution in [-0.4, -0.2) is 75.1 Å². The van der Waals surface area contributed by atoms with Crippen molar-refractivity contribution in [1.82, 2.24) is 19.9 Å². The highest BCUT2D eigenvalue weighted by Crippen LogP contribution is 2.46. The molecule has 44 heavy (non-hydrogen) atoms. The van der Waals surface area contributed by atoms with E-state index in [-0.39, 0.29) is 64.1 Å². The van der Waals surface area contributed by atoms with Crippen molar-refractivity contribution in [3.05, 3.63) is 41.5 Å². The molecule has 0 aliphatic carbocycles. The van der Waals surface area contributed by atoms with Crippen molar-refractivity contribution in [2.75, 3.05) is 31.1 Å². The standard InChI is InChI=1S/C33H30F3N5O3/c1-3-21-23(35)8-7-18-12-20(42)13-22(25(18)21)28-27(36)29-26-30(41-11-4-6-24(41)17(2)44-31(26)37-28)39-32(38-29)43-16-33-9-5-10-40(33)15-19(34)14-33/h1,7-8,12-13,17,19,24,42H,4-6,9-11,14-16H2,2H3/t17?,19-,24+,33+/m1/s1. The molecule has 8 rings (SSSR count). The number of halogens is 3. The lowest BCUT2D eigenvalue weighted by Crippen LogP contribution is -2.43. The quantitative estimate of drug-likeness (QED) is 0.307. The second-order valence-corrected chi connectivity index (χ2v) is 12.4. The molecule has 1 unspecified atom stereocenters. The third kappa shape index (κ3) is 4.00. The van der Waals surface area contributed by atoms with Gasteiger partial charge in [-0.3, -0.25) is 4.90 Å². The summed E-state index contributed by atoms with van der Waals surface area (Å²) in [6.07, 6.45) is 8.36.